The number of H-pyrrole nitrogens is 1. The molecule has 10 amide bonds. The lowest BCUT2D eigenvalue weighted by atomic mass is 9.96. The molecule has 1 aromatic heterocycles. The van der Waals surface area contributed by atoms with Gasteiger partial charge in [-0.05, 0) is 81.3 Å². The number of carboxylic acid groups (broad SMARTS) is 2. The van der Waals surface area contributed by atoms with Gasteiger partial charge in [0.1, 0.15) is 66.3 Å². The summed E-state index contributed by atoms with van der Waals surface area (Å²) in [4.78, 5) is 184. The second-order valence-electron chi connectivity index (χ2n) is 24.4. The fourth-order valence-corrected chi connectivity index (χ4v) is 10.1. The number of nitrogens with zero attached hydrogens (tertiary/aromatic N) is 1. The highest BCUT2D eigenvalue weighted by Crippen LogP contribution is 2.20. The van der Waals surface area contributed by atoms with Crippen molar-refractivity contribution in [3.8, 4) is 5.75 Å². The fourth-order valence-electron chi connectivity index (χ4n) is 9.68. The largest absolute Gasteiger partial charge is 0.514 e. The number of rotatable bonds is 39. The van der Waals surface area contributed by atoms with Gasteiger partial charge in [0.25, 0.3) is 0 Å². The van der Waals surface area contributed by atoms with Crippen LogP contribution in [-0.2, 0) is 99.4 Å². The van der Waals surface area contributed by atoms with E-state index in [1.54, 1.807) is 120 Å². The van der Waals surface area contributed by atoms with Crippen molar-refractivity contribution in [2.24, 2.45) is 17.4 Å². The molecule has 31 nitrogen and oxygen atoms in total. The zero-order valence-corrected chi connectivity index (χ0v) is 57.5. The predicted octanol–water partition coefficient (Wildman–Crippen LogP) is 2.94. The van der Waals surface area contributed by atoms with E-state index in [0.717, 1.165) is 0 Å². The maximum atomic E-state index is 15.1. The van der Waals surface area contributed by atoms with Crippen molar-refractivity contribution in [3.05, 3.63) is 154 Å². The van der Waals surface area contributed by atoms with E-state index in [9.17, 15) is 67.7 Å². The molecule has 0 bridgehead atoms. The number of imidazole rings is 1. The summed E-state index contributed by atoms with van der Waals surface area (Å²) in [6.45, 7) is 9.22. The number of aromatic nitrogens is 2. The molecule has 1 heterocycles. The summed E-state index contributed by atoms with van der Waals surface area (Å²) >= 11 is 3.40. The van der Waals surface area contributed by atoms with Crippen molar-refractivity contribution in [1.82, 2.24) is 52.5 Å². The highest BCUT2D eigenvalue weighted by atomic mass is 79.9. The number of carbonyl (C=O) groups excluding carboxylic acids is 11. The Morgan fingerprint density at radius 1 is 0.550 bits per heavy atom. The third-order valence-corrected chi connectivity index (χ3v) is 16.0. The molecule has 0 aliphatic heterocycles. The zero-order valence-electron chi connectivity index (χ0n) is 55.9. The van der Waals surface area contributed by atoms with Gasteiger partial charge in [0.05, 0.1) is 25.5 Å². The van der Waals surface area contributed by atoms with E-state index in [1.807, 2.05) is 0 Å². The first kappa shape index (κ1) is 79.9. The van der Waals surface area contributed by atoms with Gasteiger partial charge in [-0.15, -0.1) is 0 Å². The number of hydrogen-bond donors (Lipinski definition) is 13. The molecule has 5 aromatic rings. The van der Waals surface area contributed by atoms with Gasteiger partial charge in [-0.2, -0.15) is 0 Å². The number of nitrogens with one attached hydrogen (secondary N) is 9. The van der Waals surface area contributed by atoms with Crippen molar-refractivity contribution >= 4 is 93.3 Å². The Hall–Kier alpha value is -10.8. The molecule has 0 saturated carbocycles. The van der Waals surface area contributed by atoms with E-state index >= 15 is 4.79 Å². The lowest BCUT2D eigenvalue weighted by Crippen LogP contribution is -2.62. The number of amides is 10. The van der Waals surface area contributed by atoms with Crippen LogP contribution in [0.3, 0.4) is 0 Å². The van der Waals surface area contributed by atoms with Crippen LogP contribution in [0.15, 0.2) is 126 Å². The number of benzene rings is 4. The minimum atomic E-state index is -1.97. The van der Waals surface area contributed by atoms with Gasteiger partial charge in [0.2, 0.25) is 53.2 Å². The molecule has 0 spiro atoms. The highest BCUT2D eigenvalue weighted by Gasteiger charge is 2.38. The Labute approximate surface area is 584 Å². The lowest BCUT2D eigenvalue weighted by Gasteiger charge is -2.30. The van der Waals surface area contributed by atoms with E-state index in [-0.39, 0.29) is 38.2 Å². The van der Waals surface area contributed by atoms with Crippen LogP contribution in [-0.4, -0.2) is 158 Å². The zero-order chi connectivity index (χ0) is 73.6. The lowest BCUT2D eigenvalue weighted by molar-refractivity contribution is -0.148. The van der Waals surface area contributed by atoms with E-state index in [0.29, 0.717) is 32.4 Å². The van der Waals surface area contributed by atoms with E-state index < -0.39 is 182 Å². The molecule has 0 aliphatic carbocycles. The van der Waals surface area contributed by atoms with Crippen molar-refractivity contribution in [2.45, 2.75) is 173 Å². The van der Waals surface area contributed by atoms with Gasteiger partial charge in [0.15, 0.2) is 0 Å². The predicted molar refractivity (Wildman–Crippen MR) is 361 cm³/mol. The molecule has 0 aliphatic rings. The van der Waals surface area contributed by atoms with Crippen molar-refractivity contribution < 1.29 is 91.5 Å². The molecule has 32 heteroatoms. The number of carbonyl (C=O) groups is 13. The molecule has 5 rings (SSSR count). The van der Waals surface area contributed by atoms with Crippen LogP contribution in [0.25, 0.3) is 0 Å². The summed E-state index contributed by atoms with van der Waals surface area (Å²) in [6.07, 6.45) is -4.21. The minimum Gasteiger partial charge on any atom is -0.481 e. The Kier molecular flexibility index (Phi) is 31.6. The quantitative estimate of drug-likeness (QED) is 0.0199. The van der Waals surface area contributed by atoms with Crippen molar-refractivity contribution in [2.75, 3.05) is 0 Å². The Morgan fingerprint density at radius 2 is 1.02 bits per heavy atom. The van der Waals surface area contributed by atoms with E-state index in [4.69, 9.17) is 30.4 Å². The number of nitrogens with two attached hydrogens (primary N) is 2. The van der Waals surface area contributed by atoms with Gasteiger partial charge < -0.3 is 88.1 Å². The maximum absolute atomic E-state index is 15.1. The number of halogens is 1. The second kappa shape index (κ2) is 39.6. The molecule has 15 N–H and O–H groups in total. The average Bonchev–Trinajstić information content (AvgIpc) is 0.855. The summed E-state index contributed by atoms with van der Waals surface area (Å²) in [7, 11) is 0. The normalized spacial score (nSPS) is 14.1. The monoisotopic (exact) mass is 1450 g/mol. The van der Waals surface area contributed by atoms with Crippen LogP contribution in [0.4, 0.5) is 9.59 Å². The molecule has 100 heavy (non-hydrogen) atoms. The number of aromatic amines is 1. The van der Waals surface area contributed by atoms with Crippen LogP contribution < -0.4 is 58.7 Å². The van der Waals surface area contributed by atoms with Crippen LogP contribution in [0.2, 0.25) is 0 Å². The fraction of sp³-hybridized carbons (Fsp3) is 0.412. The van der Waals surface area contributed by atoms with Gasteiger partial charge >= 0.3 is 24.2 Å². The van der Waals surface area contributed by atoms with Crippen LogP contribution in [0.1, 0.15) is 108 Å². The van der Waals surface area contributed by atoms with Crippen LogP contribution in [0, 0.1) is 5.92 Å². The Balaban J connectivity index is 1.50. The summed E-state index contributed by atoms with van der Waals surface area (Å²) < 4.78 is 22.8. The van der Waals surface area contributed by atoms with Crippen molar-refractivity contribution in [1.29, 1.82) is 0 Å². The van der Waals surface area contributed by atoms with Gasteiger partial charge in [-0.25, -0.2) is 19.4 Å². The standard InChI is InChI=1S/C68H85BrN12O19/c1-7-38(2)56(80-59(87)48(27-29-54(71)83)75-61(89)51(32-44-34-72-37-73-44)79-66(95)100-68(4,5)6)63(91)77-49(31-41-22-24-45(25-23-41)99-67(96)98-36-43-20-14-15-21-46(43)69)60(88)74-47(26-28-53(70)82)58(86)76-50(30-40-16-10-8-11-17-40)62(90)81-57(39(3)97-35-42-18-12-9-13-19-42)64(92)78-52(65(93)94)33-55(84)85/h8-25,34,37-39,47-52,56-57H,7,26-33,35-36H2,1-6H3,(H2,70,82)(H2,71,83)(H,72,73)(H,74,88)(H,75,89)(H,76,86)(H,77,91)(H,78,92)(H,79,95)(H,80,87)(H,81,90)(H,84,85)(H,93,94)/t38-,39+,47-,48-,49-,50-,51-,52-,56-,57-/m0/s1. The molecule has 0 radical (unpaired) electrons. The van der Waals surface area contributed by atoms with Crippen LogP contribution >= 0.6 is 15.9 Å². The number of carboxylic acids is 2. The minimum absolute atomic E-state index is 0.00210. The maximum Gasteiger partial charge on any atom is 0.514 e. The number of ether oxygens (including phenoxy) is 4. The summed E-state index contributed by atoms with van der Waals surface area (Å²) in [5, 5.41) is 39.5. The Morgan fingerprint density at radius 3 is 1.54 bits per heavy atom. The first-order valence-electron chi connectivity index (χ1n) is 31.8. The first-order valence-corrected chi connectivity index (χ1v) is 32.6. The van der Waals surface area contributed by atoms with E-state index in [2.05, 4.69) is 68.4 Å². The molecule has 0 fully saturated rings. The number of primary amides is 2. The smallest absolute Gasteiger partial charge is 0.481 e. The number of hydrogen-bond acceptors (Lipinski definition) is 18. The Bertz CT molecular complexity index is 3620. The average molecular weight is 1450 g/mol. The SMILES string of the molecule is CC[C@H](C)[C@H](NC(=O)[C@H](CCC(N)=O)NC(=O)[C@H](Cc1cnc[nH]1)NC(=O)OC(C)(C)C)C(=O)N[C@@H](Cc1ccc(OC(=O)OCc2ccccc2Br)cc1)C(=O)N[C@@H](CCC(N)=O)C(=O)N[C@@H](Cc1ccccc1)C(=O)N[C@H](C(=O)N[C@@H](CC(=O)O)C(=O)O)[C@@H](C)OCc1ccccc1. The van der Waals surface area contributed by atoms with Crippen LogP contribution in [0.5, 0.6) is 5.75 Å². The first-order chi connectivity index (χ1) is 47.4. The molecule has 538 valence electrons. The molecule has 0 unspecified atom stereocenters. The molecule has 10 atom stereocenters. The molecular formula is C68H85BrN12O19. The highest BCUT2D eigenvalue weighted by molar-refractivity contribution is 9.10. The summed E-state index contributed by atoms with van der Waals surface area (Å²) in [6, 6.07) is 16.0. The van der Waals surface area contributed by atoms with E-state index in [1.165, 1.54) is 43.7 Å². The van der Waals surface area contributed by atoms with Gasteiger partial charge in [-0.1, -0.05) is 127 Å². The summed E-state index contributed by atoms with van der Waals surface area (Å²) in [5.41, 5.74) is 12.6. The number of alkyl carbamates (subject to hydrolysis) is 1. The van der Waals surface area contributed by atoms with Gasteiger partial charge in [-0.3, -0.25) is 47.9 Å². The molecular weight excluding hydrogens is 1370 g/mol. The molecule has 0 saturated heterocycles. The van der Waals surface area contributed by atoms with Gasteiger partial charge in [0, 0.05) is 54.0 Å². The topological polar surface area (TPSA) is 476 Å². The second-order valence-corrected chi connectivity index (χ2v) is 25.2. The number of aliphatic carboxylic acids is 2. The third-order valence-electron chi connectivity index (χ3n) is 15.2. The summed E-state index contributed by atoms with van der Waals surface area (Å²) in [5.74, 6) is -13.1. The molecule has 4 aromatic carbocycles. The third kappa shape index (κ3) is 28.0. The van der Waals surface area contributed by atoms with Crippen molar-refractivity contribution in [3.63, 3.8) is 0 Å².